The second kappa shape index (κ2) is 9.90. The molecule has 4 heteroatoms. The van der Waals surface area contributed by atoms with Crippen LogP contribution < -0.4 is 0 Å². The standard InChI is InChI=1S/C18H33O3P/c1-2-3-14-22(19,20-15-17-10-6-4-7-11-17)21-16-18-12-8-5-9-13-18/h2-3,17-18H,4-16H2,1H3/b3-2+. The van der Waals surface area contributed by atoms with Crippen molar-refractivity contribution >= 4 is 7.60 Å². The van der Waals surface area contributed by atoms with Crippen LogP contribution in [-0.2, 0) is 13.6 Å². The Bertz CT molecular complexity index is 343. The van der Waals surface area contributed by atoms with Crippen LogP contribution in [0.1, 0.15) is 71.1 Å². The maximum atomic E-state index is 13.0. The average Bonchev–Trinajstić information content (AvgIpc) is 2.59. The summed E-state index contributed by atoms with van der Waals surface area (Å²) < 4.78 is 24.7. The molecule has 0 saturated heterocycles. The second-order valence-electron chi connectivity index (χ2n) is 6.96. The van der Waals surface area contributed by atoms with E-state index < -0.39 is 7.60 Å². The van der Waals surface area contributed by atoms with Gasteiger partial charge in [-0.25, -0.2) is 0 Å². The Labute approximate surface area is 136 Å². The molecular formula is C18H33O3P. The molecule has 0 radical (unpaired) electrons. The first kappa shape index (κ1) is 18.2. The van der Waals surface area contributed by atoms with E-state index in [1.807, 2.05) is 19.1 Å². The van der Waals surface area contributed by atoms with Crippen LogP contribution in [-0.4, -0.2) is 19.4 Å². The predicted molar refractivity (Wildman–Crippen MR) is 92.3 cm³/mol. The van der Waals surface area contributed by atoms with Crippen molar-refractivity contribution in [1.29, 1.82) is 0 Å². The summed E-state index contributed by atoms with van der Waals surface area (Å²) in [4.78, 5) is 0. The molecule has 2 aliphatic rings. The molecule has 0 unspecified atom stereocenters. The van der Waals surface area contributed by atoms with Crippen LogP contribution in [0.2, 0.25) is 0 Å². The van der Waals surface area contributed by atoms with Gasteiger partial charge in [-0.15, -0.1) is 0 Å². The lowest BCUT2D eigenvalue weighted by atomic mass is 9.90. The predicted octanol–water partition coefficient (Wildman–Crippen LogP) is 5.95. The van der Waals surface area contributed by atoms with Gasteiger partial charge < -0.3 is 9.05 Å². The molecule has 0 N–H and O–H groups in total. The number of rotatable bonds is 8. The third-order valence-corrected chi connectivity index (χ3v) is 6.77. The lowest BCUT2D eigenvalue weighted by Crippen LogP contribution is -2.16. The normalized spacial score (nSPS) is 22.4. The van der Waals surface area contributed by atoms with Crippen LogP contribution in [0.15, 0.2) is 12.2 Å². The molecule has 128 valence electrons. The van der Waals surface area contributed by atoms with Gasteiger partial charge in [0.2, 0.25) is 0 Å². The molecule has 0 aromatic carbocycles. The van der Waals surface area contributed by atoms with E-state index in [2.05, 4.69) is 0 Å². The summed E-state index contributed by atoms with van der Waals surface area (Å²) in [7, 11) is -2.96. The molecule has 22 heavy (non-hydrogen) atoms. The number of allylic oxidation sites excluding steroid dienone is 2. The Morgan fingerprint density at radius 3 is 1.73 bits per heavy atom. The summed E-state index contributed by atoms with van der Waals surface area (Å²) in [5, 5.41) is 0. The van der Waals surface area contributed by atoms with Crippen LogP contribution in [0.25, 0.3) is 0 Å². The fraction of sp³-hybridized carbons (Fsp3) is 0.889. The van der Waals surface area contributed by atoms with Crippen molar-refractivity contribution in [3.8, 4) is 0 Å². The molecule has 0 aromatic heterocycles. The average molecular weight is 328 g/mol. The summed E-state index contributed by atoms with van der Waals surface area (Å²) in [6.07, 6.45) is 17.0. The monoisotopic (exact) mass is 328 g/mol. The molecule has 0 aromatic rings. The highest BCUT2D eigenvalue weighted by atomic mass is 31.2. The third kappa shape index (κ3) is 6.56. The summed E-state index contributed by atoms with van der Waals surface area (Å²) in [5.74, 6) is 1.15. The minimum absolute atomic E-state index is 0.420. The van der Waals surface area contributed by atoms with Gasteiger partial charge in [-0.1, -0.05) is 50.7 Å². The molecular weight excluding hydrogens is 295 g/mol. The summed E-state index contributed by atoms with van der Waals surface area (Å²) in [6, 6.07) is 0. The topological polar surface area (TPSA) is 35.5 Å². The quantitative estimate of drug-likeness (QED) is 0.408. The Morgan fingerprint density at radius 1 is 0.864 bits per heavy atom. The SMILES string of the molecule is C/C=C/CP(=O)(OCC1CCCCC1)OCC1CCCCC1. The van der Waals surface area contributed by atoms with Gasteiger partial charge in [0.1, 0.15) is 0 Å². The smallest absolute Gasteiger partial charge is 0.308 e. The van der Waals surface area contributed by atoms with Gasteiger partial charge in [0.05, 0.1) is 19.4 Å². The highest BCUT2D eigenvalue weighted by molar-refractivity contribution is 7.54. The summed E-state index contributed by atoms with van der Waals surface area (Å²) in [6.45, 7) is 3.17. The molecule has 0 bridgehead atoms. The van der Waals surface area contributed by atoms with E-state index in [0.29, 0.717) is 31.2 Å². The molecule has 0 spiro atoms. The van der Waals surface area contributed by atoms with Crippen LogP contribution in [0.5, 0.6) is 0 Å². The Morgan fingerprint density at radius 2 is 1.32 bits per heavy atom. The van der Waals surface area contributed by atoms with Crippen molar-refractivity contribution < 1.29 is 13.6 Å². The third-order valence-electron chi connectivity index (χ3n) is 5.03. The zero-order chi connectivity index (χ0) is 15.7. The molecule has 0 aliphatic heterocycles. The maximum absolute atomic E-state index is 13.0. The van der Waals surface area contributed by atoms with Crippen molar-refractivity contribution in [2.24, 2.45) is 11.8 Å². The van der Waals surface area contributed by atoms with Crippen molar-refractivity contribution in [3.05, 3.63) is 12.2 Å². The first-order chi connectivity index (χ1) is 10.7. The van der Waals surface area contributed by atoms with Gasteiger partial charge in [-0.2, -0.15) is 0 Å². The molecule has 2 saturated carbocycles. The van der Waals surface area contributed by atoms with Gasteiger partial charge in [0.25, 0.3) is 0 Å². The molecule has 2 fully saturated rings. The molecule has 0 heterocycles. The van der Waals surface area contributed by atoms with Crippen LogP contribution in [0.4, 0.5) is 0 Å². The van der Waals surface area contributed by atoms with Gasteiger partial charge in [0.15, 0.2) is 0 Å². The van der Waals surface area contributed by atoms with Crippen LogP contribution in [0.3, 0.4) is 0 Å². The van der Waals surface area contributed by atoms with Gasteiger partial charge in [0, 0.05) is 0 Å². The summed E-state index contributed by atoms with van der Waals surface area (Å²) >= 11 is 0. The van der Waals surface area contributed by atoms with Crippen molar-refractivity contribution in [2.45, 2.75) is 71.1 Å². The van der Waals surface area contributed by atoms with Crippen LogP contribution in [0, 0.1) is 11.8 Å². The maximum Gasteiger partial charge on any atom is 0.334 e. The molecule has 2 aliphatic carbocycles. The lowest BCUT2D eigenvalue weighted by molar-refractivity contribution is 0.139. The van der Waals surface area contributed by atoms with E-state index >= 15 is 0 Å². The van der Waals surface area contributed by atoms with Gasteiger partial charge in [-0.05, 0) is 44.4 Å². The van der Waals surface area contributed by atoms with E-state index in [1.165, 1.54) is 64.2 Å². The van der Waals surface area contributed by atoms with Crippen LogP contribution >= 0.6 is 7.60 Å². The first-order valence-corrected chi connectivity index (χ1v) is 10.9. The minimum atomic E-state index is -2.96. The molecule has 3 nitrogen and oxygen atoms in total. The second-order valence-corrected chi connectivity index (χ2v) is 9.07. The Hall–Kier alpha value is -0.110. The molecule has 0 amide bonds. The fourth-order valence-corrected chi connectivity index (χ4v) is 5.15. The number of hydrogen-bond donors (Lipinski definition) is 0. The minimum Gasteiger partial charge on any atom is -0.308 e. The van der Waals surface area contributed by atoms with Crippen molar-refractivity contribution in [2.75, 3.05) is 19.4 Å². The highest BCUT2D eigenvalue weighted by Gasteiger charge is 2.27. The van der Waals surface area contributed by atoms with Gasteiger partial charge in [-0.3, -0.25) is 4.57 Å². The van der Waals surface area contributed by atoms with E-state index in [4.69, 9.17) is 9.05 Å². The van der Waals surface area contributed by atoms with Crippen molar-refractivity contribution in [3.63, 3.8) is 0 Å². The molecule has 2 rings (SSSR count). The summed E-state index contributed by atoms with van der Waals surface area (Å²) in [5.41, 5.74) is 0. The van der Waals surface area contributed by atoms with Crippen molar-refractivity contribution in [1.82, 2.24) is 0 Å². The van der Waals surface area contributed by atoms with E-state index in [1.54, 1.807) is 0 Å². The largest absolute Gasteiger partial charge is 0.334 e. The molecule has 0 atom stereocenters. The zero-order valence-electron chi connectivity index (χ0n) is 14.2. The highest BCUT2D eigenvalue weighted by Crippen LogP contribution is 2.50. The lowest BCUT2D eigenvalue weighted by Gasteiger charge is -2.27. The Kier molecular flexibility index (Phi) is 8.21. The van der Waals surface area contributed by atoms with E-state index in [0.717, 1.165) is 0 Å². The first-order valence-electron chi connectivity index (χ1n) is 9.21. The fourth-order valence-electron chi connectivity index (χ4n) is 3.52. The Balaban J connectivity index is 1.80. The zero-order valence-corrected chi connectivity index (χ0v) is 15.1. The number of hydrogen-bond acceptors (Lipinski definition) is 3. The van der Waals surface area contributed by atoms with E-state index in [9.17, 15) is 4.57 Å². The van der Waals surface area contributed by atoms with Gasteiger partial charge >= 0.3 is 7.60 Å². The van der Waals surface area contributed by atoms with E-state index in [-0.39, 0.29) is 0 Å².